The Balaban J connectivity index is 1.95. The number of hydrogen-bond acceptors (Lipinski definition) is 5. The van der Waals surface area contributed by atoms with Crippen LogP contribution in [0.15, 0.2) is 42.5 Å². The molecule has 5 heteroatoms. The van der Waals surface area contributed by atoms with Gasteiger partial charge in [0.05, 0.1) is 14.2 Å². The first-order valence-electron chi connectivity index (χ1n) is 9.37. The zero-order chi connectivity index (χ0) is 19.6. The second-order valence-electron chi connectivity index (χ2n) is 6.65. The monoisotopic (exact) mass is 373 g/mol. The fraction of sp³-hybridized carbons (Fsp3) is 0.455. The van der Waals surface area contributed by atoms with Crippen LogP contribution < -0.4 is 14.2 Å². The van der Waals surface area contributed by atoms with Crippen molar-refractivity contribution in [3.8, 4) is 17.2 Å². The van der Waals surface area contributed by atoms with E-state index in [2.05, 4.69) is 11.8 Å². The van der Waals surface area contributed by atoms with Gasteiger partial charge >= 0.3 is 0 Å². The molecule has 2 aromatic carbocycles. The van der Waals surface area contributed by atoms with Crippen molar-refractivity contribution in [2.45, 2.75) is 32.9 Å². The summed E-state index contributed by atoms with van der Waals surface area (Å²) in [5.74, 6) is 2.25. The summed E-state index contributed by atoms with van der Waals surface area (Å²) in [7, 11) is 3.27. The maximum atomic E-state index is 10.4. The van der Waals surface area contributed by atoms with Gasteiger partial charge in [0.15, 0.2) is 11.5 Å². The van der Waals surface area contributed by atoms with Crippen LogP contribution in [-0.2, 0) is 6.54 Å². The molecule has 0 aliphatic rings. The first-order valence-corrected chi connectivity index (χ1v) is 9.37. The molecule has 5 nitrogen and oxygen atoms in total. The minimum atomic E-state index is -0.559. The molecule has 2 rings (SSSR count). The van der Waals surface area contributed by atoms with Gasteiger partial charge in [0.25, 0.3) is 0 Å². The predicted molar refractivity (Wildman–Crippen MR) is 108 cm³/mol. The molecule has 0 bridgehead atoms. The largest absolute Gasteiger partial charge is 0.493 e. The van der Waals surface area contributed by atoms with E-state index in [1.807, 2.05) is 49.4 Å². The third-order valence-corrected chi connectivity index (χ3v) is 4.39. The van der Waals surface area contributed by atoms with Gasteiger partial charge in [-0.2, -0.15) is 0 Å². The van der Waals surface area contributed by atoms with Crippen molar-refractivity contribution in [3.05, 3.63) is 53.6 Å². The molecule has 0 aliphatic carbocycles. The van der Waals surface area contributed by atoms with Crippen LogP contribution >= 0.6 is 0 Å². The van der Waals surface area contributed by atoms with Gasteiger partial charge < -0.3 is 19.3 Å². The smallest absolute Gasteiger partial charge is 0.161 e. The third kappa shape index (κ3) is 6.45. The van der Waals surface area contributed by atoms with Gasteiger partial charge in [-0.3, -0.25) is 4.90 Å². The van der Waals surface area contributed by atoms with Gasteiger partial charge in [-0.15, -0.1) is 0 Å². The highest BCUT2D eigenvalue weighted by atomic mass is 16.5. The summed E-state index contributed by atoms with van der Waals surface area (Å²) in [6, 6.07) is 13.8. The molecule has 0 saturated heterocycles. The molecular formula is C22H31NO4. The summed E-state index contributed by atoms with van der Waals surface area (Å²) >= 11 is 0. The Labute approximate surface area is 162 Å². The lowest BCUT2D eigenvalue weighted by Gasteiger charge is -2.25. The summed E-state index contributed by atoms with van der Waals surface area (Å²) in [5.41, 5.74) is 2.19. The van der Waals surface area contributed by atoms with Gasteiger partial charge in [0.2, 0.25) is 0 Å². The Kier molecular flexibility index (Phi) is 8.43. The molecule has 148 valence electrons. The van der Waals surface area contributed by atoms with E-state index in [1.165, 1.54) is 0 Å². The SMILES string of the molecule is CCCN(Cc1ccc(OC)c(OC)c1)C[C@H](O)COc1ccccc1C. The number of benzene rings is 2. The number of nitrogens with zero attached hydrogens (tertiary/aromatic N) is 1. The van der Waals surface area contributed by atoms with Crippen LogP contribution in [0.5, 0.6) is 17.2 Å². The van der Waals surface area contributed by atoms with Crippen LogP contribution in [0.3, 0.4) is 0 Å². The lowest BCUT2D eigenvalue weighted by Crippen LogP contribution is -2.35. The van der Waals surface area contributed by atoms with E-state index < -0.39 is 6.10 Å². The number of aliphatic hydroxyl groups excluding tert-OH is 1. The fourth-order valence-electron chi connectivity index (χ4n) is 3.04. The Morgan fingerprint density at radius 1 is 1.00 bits per heavy atom. The maximum absolute atomic E-state index is 10.4. The standard InChI is InChI=1S/C22H31NO4/c1-5-12-23(14-18-10-11-21(25-3)22(13-18)26-4)15-19(24)16-27-20-9-7-6-8-17(20)2/h6-11,13,19,24H,5,12,14-16H2,1-4H3/t19-/m0/s1. The number of methoxy groups -OCH3 is 2. The average Bonchev–Trinajstić information content (AvgIpc) is 2.67. The number of rotatable bonds is 11. The van der Waals surface area contributed by atoms with Crippen LogP contribution in [0, 0.1) is 6.92 Å². The van der Waals surface area contributed by atoms with Gasteiger partial charge in [0, 0.05) is 13.1 Å². The van der Waals surface area contributed by atoms with E-state index in [4.69, 9.17) is 14.2 Å². The normalized spacial score (nSPS) is 12.1. The molecule has 1 atom stereocenters. The van der Waals surface area contributed by atoms with Crippen molar-refractivity contribution in [1.29, 1.82) is 0 Å². The van der Waals surface area contributed by atoms with Crippen molar-refractivity contribution in [2.24, 2.45) is 0 Å². The van der Waals surface area contributed by atoms with Crippen molar-refractivity contribution in [1.82, 2.24) is 4.90 Å². The minimum Gasteiger partial charge on any atom is -0.493 e. The second-order valence-corrected chi connectivity index (χ2v) is 6.65. The van der Waals surface area contributed by atoms with Gasteiger partial charge in [-0.05, 0) is 49.2 Å². The Morgan fingerprint density at radius 3 is 2.41 bits per heavy atom. The van der Waals surface area contributed by atoms with Crippen LogP contribution in [0.25, 0.3) is 0 Å². The molecule has 0 saturated carbocycles. The minimum absolute atomic E-state index is 0.275. The Morgan fingerprint density at radius 2 is 1.74 bits per heavy atom. The lowest BCUT2D eigenvalue weighted by atomic mass is 10.1. The van der Waals surface area contributed by atoms with Crippen LogP contribution in [-0.4, -0.2) is 50.0 Å². The van der Waals surface area contributed by atoms with E-state index in [0.29, 0.717) is 6.54 Å². The molecule has 0 aliphatic heterocycles. The average molecular weight is 373 g/mol. The molecule has 1 N–H and O–H groups in total. The van der Waals surface area contributed by atoms with Crippen molar-refractivity contribution >= 4 is 0 Å². The first kappa shape index (κ1) is 21.1. The molecular weight excluding hydrogens is 342 g/mol. The van der Waals surface area contributed by atoms with Gasteiger partial charge in [-0.25, -0.2) is 0 Å². The Hall–Kier alpha value is -2.24. The predicted octanol–water partition coefficient (Wildman–Crippen LogP) is 3.66. The molecule has 0 amide bonds. The van der Waals surface area contributed by atoms with Crippen LogP contribution in [0.1, 0.15) is 24.5 Å². The molecule has 0 spiro atoms. The van der Waals surface area contributed by atoms with E-state index in [1.54, 1.807) is 14.2 Å². The van der Waals surface area contributed by atoms with Crippen molar-refractivity contribution in [3.63, 3.8) is 0 Å². The zero-order valence-corrected chi connectivity index (χ0v) is 16.8. The second kappa shape index (κ2) is 10.8. The number of hydrogen-bond donors (Lipinski definition) is 1. The summed E-state index contributed by atoms with van der Waals surface area (Å²) < 4.78 is 16.5. The number of ether oxygens (including phenoxy) is 3. The molecule has 0 fully saturated rings. The van der Waals surface area contributed by atoms with Crippen molar-refractivity contribution < 1.29 is 19.3 Å². The molecule has 27 heavy (non-hydrogen) atoms. The van der Waals surface area contributed by atoms with Crippen molar-refractivity contribution in [2.75, 3.05) is 33.9 Å². The highest BCUT2D eigenvalue weighted by Crippen LogP contribution is 2.28. The number of aryl methyl sites for hydroxylation is 1. The first-order chi connectivity index (χ1) is 13.1. The van der Waals surface area contributed by atoms with E-state index in [-0.39, 0.29) is 6.61 Å². The summed E-state index contributed by atoms with van der Waals surface area (Å²) in [6.45, 7) is 6.59. The maximum Gasteiger partial charge on any atom is 0.161 e. The van der Waals surface area contributed by atoms with E-state index in [9.17, 15) is 5.11 Å². The lowest BCUT2D eigenvalue weighted by molar-refractivity contribution is 0.0653. The van der Waals surface area contributed by atoms with E-state index >= 15 is 0 Å². The quantitative estimate of drug-likeness (QED) is 0.651. The zero-order valence-electron chi connectivity index (χ0n) is 16.8. The molecule has 0 radical (unpaired) electrons. The molecule has 0 aromatic heterocycles. The molecule has 2 aromatic rings. The van der Waals surface area contributed by atoms with E-state index in [0.717, 1.165) is 47.9 Å². The fourth-order valence-corrected chi connectivity index (χ4v) is 3.04. The Bertz CT molecular complexity index is 704. The van der Waals surface area contributed by atoms with Crippen LogP contribution in [0.4, 0.5) is 0 Å². The third-order valence-electron chi connectivity index (χ3n) is 4.39. The summed E-state index contributed by atoms with van der Waals surface area (Å²) in [4.78, 5) is 2.23. The topological polar surface area (TPSA) is 51.2 Å². The number of aliphatic hydroxyl groups is 1. The molecule has 0 unspecified atom stereocenters. The highest BCUT2D eigenvalue weighted by molar-refractivity contribution is 5.42. The van der Waals surface area contributed by atoms with Crippen LogP contribution in [0.2, 0.25) is 0 Å². The summed E-state index contributed by atoms with van der Waals surface area (Å²) in [5, 5.41) is 10.4. The van der Waals surface area contributed by atoms with Gasteiger partial charge in [-0.1, -0.05) is 31.2 Å². The van der Waals surface area contributed by atoms with Gasteiger partial charge in [0.1, 0.15) is 18.5 Å². The molecule has 0 heterocycles. The summed E-state index contributed by atoms with van der Waals surface area (Å²) in [6.07, 6.45) is 0.454. The number of para-hydroxylation sites is 1. The highest BCUT2D eigenvalue weighted by Gasteiger charge is 2.14.